The Morgan fingerprint density at radius 3 is 2.54 bits per heavy atom. The number of nitrogens with one attached hydrogen (secondary N) is 1. The van der Waals surface area contributed by atoms with E-state index in [9.17, 15) is 14.7 Å². The molecule has 1 fully saturated rings. The molecule has 7 heteroatoms. The van der Waals surface area contributed by atoms with Crippen LogP contribution in [0.2, 0.25) is 10.0 Å². The van der Waals surface area contributed by atoms with Gasteiger partial charge in [-0.3, -0.25) is 9.59 Å². The summed E-state index contributed by atoms with van der Waals surface area (Å²) in [5.74, 6) is -0.601. The van der Waals surface area contributed by atoms with Crippen LogP contribution in [0.25, 0.3) is 0 Å². The molecular weight excluding hydrogens is 351 g/mol. The van der Waals surface area contributed by atoms with Crippen molar-refractivity contribution in [3.63, 3.8) is 0 Å². The summed E-state index contributed by atoms with van der Waals surface area (Å²) in [5, 5.41) is 13.3. The number of carbonyl (C=O) groups excluding carboxylic acids is 2. The zero-order valence-electron chi connectivity index (χ0n) is 12.6. The molecule has 0 spiro atoms. The van der Waals surface area contributed by atoms with Gasteiger partial charge in [0.1, 0.15) is 5.75 Å². The number of phenols is 1. The van der Waals surface area contributed by atoms with Crippen molar-refractivity contribution in [3.05, 3.63) is 52.0 Å². The highest BCUT2D eigenvalue weighted by Gasteiger charge is 2.26. The van der Waals surface area contributed by atoms with Crippen LogP contribution < -0.4 is 10.2 Å². The smallest absolute Gasteiger partial charge is 0.257 e. The molecule has 2 aromatic rings. The Kier molecular flexibility index (Phi) is 4.64. The molecule has 0 radical (unpaired) electrons. The predicted octanol–water partition coefficient (Wildman–Crippen LogP) is 4.08. The van der Waals surface area contributed by atoms with Crippen molar-refractivity contribution in [2.75, 3.05) is 16.8 Å². The Morgan fingerprint density at radius 2 is 1.83 bits per heavy atom. The molecule has 0 bridgehead atoms. The summed E-state index contributed by atoms with van der Waals surface area (Å²) < 4.78 is 0. The van der Waals surface area contributed by atoms with Crippen LogP contribution >= 0.6 is 23.2 Å². The second-order valence-electron chi connectivity index (χ2n) is 5.43. The van der Waals surface area contributed by atoms with Crippen molar-refractivity contribution < 1.29 is 14.7 Å². The van der Waals surface area contributed by atoms with Crippen LogP contribution in [0.15, 0.2) is 36.4 Å². The Balaban J connectivity index is 1.95. The van der Waals surface area contributed by atoms with Gasteiger partial charge < -0.3 is 15.3 Å². The van der Waals surface area contributed by atoms with E-state index >= 15 is 0 Å². The summed E-state index contributed by atoms with van der Waals surface area (Å²) in [5.41, 5.74) is 0.958. The summed E-state index contributed by atoms with van der Waals surface area (Å²) in [6, 6.07) is 9.09. The van der Waals surface area contributed by atoms with E-state index in [0.717, 1.165) is 6.42 Å². The molecule has 0 atom stereocenters. The molecule has 124 valence electrons. The number of benzene rings is 2. The second kappa shape index (κ2) is 6.71. The molecule has 2 amide bonds. The molecule has 5 nitrogen and oxygen atoms in total. The van der Waals surface area contributed by atoms with Crippen LogP contribution in [0.3, 0.4) is 0 Å². The fourth-order valence-electron chi connectivity index (χ4n) is 2.62. The van der Waals surface area contributed by atoms with Gasteiger partial charge in [0, 0.05) is 23.0 Å². The summed E-state index contributed by atoms with van der Waals surface area (Å²) >= 11 is 11.9. The van der Waals surface area contributed by atoms with E-state index in [-0.39, 0.29) is 17.3 Å². The molecule has 1 heterocycles. The lowest BCUT2D eigenvalue weighted by atomic mass is 10.1. The van der Waals surface area contributed by atoms with Gasteiger partial charge in [0.15, 0.2) is 0 Å². The lowest BCUT2D eigenvalue weighted by Gasteiger charge is -2.20. The summed E-state index contributed by atoms with van der Waals surface area (Å²) in [7, 11) is 0. The van der Waals surface area contributed by atoms with Crippen LogP contribution in [0.1, 0.15) is 23.2 Å². The van der Waals surface area contributed by atoms with Crippen molar-refractivity contribution in [3.8, 4) is 5.75 Å². The molecule has 24 heavy (non-hydrogen) atoms. The van der Waals surface area contributed by atoms with Crippen LogP contribution in [0.4, 0.5) is 11.4 Å². The largest absolute Gasteiger partial charge is 0.506 e. The minimum atomic E-state index is -0.459. The number of rotatable bonds is 3. The van der Waals surface area contributed by atoms with Gasteiger partial charge in [0.05, 0.1) is 16.9 Å². The highest BCUT2D eigenvalue weighted by molar-refractivity contribution is 6.31. The molecule has 0 unspecified atom stereocenters. The van der Waals surface area contributed by atoms with Crippen molar-refractivity contribution in [1.29, 1.82) is 0 Å². The Labute approximate surface area is 148 Å². The molecular formula is C17H14Cl2N2O3. The Hall–Kier alpha value is -2.24. The number of aromatic hydroxyl groups is 1. The molecule has 0 aliphatic carbocycles. The monoisotopic (exact) mass is 364 g/mol. The van der Waals surface area contributed by atoms with E-state index in [1.54, 1.807) is 23.1 Å². The number of anilines is 2. The van der Waals surface area contributed by atoms with E-state index in [4.69, 9.17) is 23.2 Å². The maximum Gasteiger partial charge on any atom is 0.257 e. The van der Waals surface area contributed by atoms with E-state index in [2.05, 4.69) is 5.32 Å². The fourth-order valence-corrected chi connectivity index (χ4v) is 2.96. The molecule has 3 rings (SSSR count). The van der Waals surface area contributed by atoms with Gasteiger partial charge in [-0.25, -0.2) is 0 Å². The van der Waals surface area contributed by atoms with Gasteiger partial charge in [-0.2, -0.15) is 0 Å². The lowest BCUT2D eigenvalue weighted by molar-refractivity contribution is -0.117. The third kappa shape index (κ3) is 3.32. The number of nitrogens with zero attached hydrogens (tertiary/aromatic N) is 1. The first-order valence-corrected chi connectivity index (χ1v) is 8.11. The highest BCUT2D eigenvalue weighted by Crippen LogP contribution is 2.31. The van der Waals surface area contributed by atoms with Crippen molar-refractivity contribution in [2.24, 2.45) is 0 Å². The minimum Gasteiger partial charge on any atom is -0.506 e. The molecule has 1 saturated heterocycles. The number of carbonyl (C=O) groups is 2. The number of hydrogen-bond donors (Lipinski definition) is 2. The summed E-state index contributed by atoms with van der Waals surface area (Å²) in [6.07, 6.45) is 1.18. The van der Waals surface area contributed by atoms with Gasteiger partial charge in [0.25, 0.3) is 5.91 Å². The first-order valence-electron chi connectivity index (χ1n) is 7.35. The number of amides is 2. The molecule has 2 N–H and O–H groups in total. The van der Waals surface area contributed by atoms with Crippen LogP contribution in [0, 0.1) is 0 Å². The first kappa shape index (κ1) is 16.6. The molecule has 0 saturated carbocycles. The Bertz CT molecular complexity index is 823. The maximum absolute atomic E-state index is 12.6. The zero-order chi connectivity index (χ0) is 17.3. The standard InChI is InChI=1S/C17H14Cl2N2O3/c18-10-4-6-15(22)13(8-10)20-17(24)12-5-3-11(19)9-14(12)21-7-1-2-16(21)23/h3-6,8-9,22H,1-2,7H2,(H,20,24). The first-order chi connectivity index (χ1) is 11.5. The summed E-state index contributed by atoms with van der Waals surface area (Å²) in [4.78, 5) is 26.2. The predicted molar refractivity (Wildman–Crippen MR) is 94.1 cm³/mol. The topological polar surface area (TPSA) is 69.6 Å². The van der Waals surface area contributed by atoms with Crippen LogP contribution in [-0.2, 0) is 4.79 Å². The van der Waals surface area contributed by atoms with E-state index in [0.29, 0.717) is 34.3 Å². The van der Waals surface area contributed by atoms with Crippen LogP contribution in [0.5, 0.6) is 5.75 Å². The van der Waals surface area contributed by atoms with E-state index in [1.165, 1.54) is 18.2 Å². The van der Waals surface area contributed by atoms with Gasteiger partial charge in [0.2, 0.25) is 5.91 Å². The van der Waals surface area contributed by atoms with Crippen molar-refractivity contribution in [2.45, 2.75) is 12.8 Å². The molecule has 1 aliphatic heterocycles. The summed E-state index contributed by atoms with van der Waals surface area (Å²) in [6.45, 7) is 0.544. The number of phenolic OH excluding ortho intramolecular Hbond substituents is 1. The fraction of sp³-hybridized carbons (Fsp3) is 0.176. The highest BCUT2D eigenvalue weighted by atomic mass is 35.5. The Morgan fingerprint density at radius 1 is 1.12 bits per heavy atom. The van der Waals surface area contributed by atoms with Crippen molar-refractivity contribution in [1.82, 2.24) is 0 Å². The van der Waals surface area contributed by atoms with Gasteiger partial charge >= 0.3 is 0 Å². The zero-order valence-corrected chi connectivity index (χ0v) is 14.1. The average molecular weight is 365 g/mol. The average Bonchev–Trinajstić information content (AvgIpc) is 2.96. The molecule has 2 aromatic carbocycles. The van der Waals surface area contributed by atoms with Crippen molar-refractivity contribution >= 4 is 46.4 Å². The van der Waals surface area contributed by atoms with Crippen LogP contribution in [-0.4, -0.2) is 23.5 Å². The van der Waals surface area contributed by atoms with Gasteiger partial charge in [-0.15, -0.1) is 0 Å². The van der Waals surface area contributed by atoms with E-state index < -0.39 is 5.91 Å². The molecule has 1 aliphatic rings. The molecule has 0 aromatic heterocycles. The number of halogens is 2. The van der Waals surface area contributed by atoms with Gasteiger partial charge in [-0.05, 0) is 42.8 Å². The second-order valence-corrected chi connectivity index (χ2v) is 6.30. The number of hydrogen-bond acceptors (Lipinski definition) is 3. The minimum absolute atomic E-state index is 0.0445. The van der Waals surface area contributed by atoms with E-state index in [1.807, 2.05) is 0 Å². The third-order valence-electron chi connectivity index (χ3n) is 3.78. The lowest BCUT2D eigenvalue weighted by Crippen LogP contribution is -2.27. The third-order valence-corrected chi connectivity index (χ3v) is 4.25. The SMILES string of the molecule is O=C(Nc1cc(Cl)ccc1O)c1ccc(Cl)cc1N1CCCC1=O. The quantitative estimate of drug-likeness (QED) is 0.806. The maximum atomic E-state index is 12.6. The van der Waals surface area contributed by atoms with Gasteiger partial charge in [-0.1, -0.05) is 23.2 Å². The normalized spacial score (nSPS) is 14.1.